The Morgan fingerprint density at radius 2 is 1.84 bits per heavy atom. The normalized spacial score (nSPS) is 19.4. The Hall–Kier alpha value is -1.68. The Kier molecular flexibility index (Phi) is 3.60. The van der Waals surface area contributed by atoms with Crippen molar-refractivity contribution in [1.82, 2.24) is 19.4 Å². The van der Waals surface area contributed by atoms with E-state index in [1.807, 2.05) is 24.9 Å². The Labute approximate surface area is 114 Å². The van der Waals surface area contributed by atoms with Crippen molar-refractivity contribution >= 4 is 0 Å². The molecule has 1 atom stereocenters. The van der Waals surface area contributed by atoms with Crippen molar-refractivity contribution in [3.05, 3.63) is 48.8 Å². The maximum Gasteiger partial charge on any atom is 0.0948 e. The van der Waals surface area contributed by atoms with Gasteiger partial charge >= 0.3 is 0 Å². The van der Waals surface area contributed by atoms with Crippen LogP contribution in [0.15, 0.2) is 43.2 Å². The molecule has 0 unspecified atom stereocenters. The highest BCUT2D eigenvalue weighted by atomic mass is 15.2. The van der Waals surface area contributed by atoms with Crippen molar-refractivity contribution < 1.29 is 0 Å². The molecule has 1 aliphatic heterocycles. The first kappa shape index (κ1) is 12.4. The molecule has 19 heavy (non-hydrogen) atoms. The molecule has 2 aromatic heterocycles. The number of rotatable bonds is 3. The topological polar surface area (TPSA) is 34.0 Å². The van der Waals surface area contributed by atoms with E-state index < -0.39 is 0 Å². The zero-order chi connectivity index (χ0) is 13.1. The highest BCUT2D eigenvalue weighted by Crippen LogP contribution is 2.28. The molecule has 3 heterocycles. The predicted molar refractivity (Wildman–Crippen MR) is 74.7 cm³/mol. The van der Waals surface area contributed by atoms with Gasteiger partial charge in [-0.2, -0.15) is 0 Å². The van der Waals surface area contributed by atoms with Gasteiger partial charge in [0.1, 0.15) is 0 Å². The van der Waals surface area contributed by atoms with Crippen LogP contribution in [0.25, 0.3) is 0 Å². The van der Waals surface area contributed by atoms with E-state index >= 15 is 0 Å². The lowest BCUT2D eigenvalue weighted by atomic mass is 10.0. The Morgan fingerprint density at radius 3 is 2.47 bits per heavy atom. The molecule has 0 aliphatic carbocycles. The third kappa shape index (κ3) is 2.68. The van der Waals surface area contributed by atoms with Crippen molar-refractivity contribution in [3.63, 3.8) is 0 Å². The molecule has 1 saturated heterocycles. The van der Waals surface area contributed by atoms with Gasteiger partial charge in [-0.15, -0.1) is 0 Å². The van der Waals surface area contributed by atoms with Crippen molar-refractivity contribution in [2.75, 3.05) is 13.1 Å². The summed E-state index contributed by atoms with van der Waals surface area (Å²) in [6.07, 6.45) is 12.0. The van der Waals surface area contributed by atoms with Gasteiger partial charge in [-0.1, -0.05) is 0 Å². The first-order chi connectivity index (χ1) is 9.34. The smallest absolute Gasteiger partial charge is 0.0948 e. The summed E-state index contributed by atoms with van der Waals surface area (Å²) in [5, 5.41) is 0. The number of likely N-dealkylation sites (tertiary alicyclic amines) is 1. The van der Waals surface area contributed by atoms with E-state index in [0.29, 0.717) is 12.1 Å². The van der Waals surface area contributed by atoms with Gasteiger partial charge in [0, 0.05) is 50.0 Å². The number of hydrogen-bond donors (Lipinski definition) is 0. The lowest BCUT2D eigenvalue weighted by molar-refractivity contribution is 0.143. The van der Waals surface area contributed by atoms with Gasteiger partial charge in [-0.25, -0.2) is 4.98 Å². The Bertz CT molecular complexity index is 486. The summed E-state index contributed by atoms with van der Waals surface area (Å²) in [5.41, 5.74) is 1.36. The average molecular weight is 256 g/mol. The fourth-order valence-corrected chi connectivity index (χ4v) is 2.91. The number of hydrogen-bond acceptors (Lipinski definition) is 3. The van der Waals surface area contributed by atoms with Crippen LogP contribution in [0.1, 0.15) is 37.4 Å². The van der Waals surface area contributed by atoms with E-state index in [9.17, 15) is 0 Å². The highest BCUT2D eigenvalue weighted by molar-refractivity contribution is 5.14. The average Bonchev–Trinajstić information content (AvgIpc) is 3.02. The number of imidazole rings is 1. The van der Waals surface area contributed by atoms with Crippen LogP contribution in [-0.2, 0) is 0 Å². The van der Waals surface area contributed by atoms with Gasteiger partial charge in [0.15, 0.2) is 0 Å². The molecule has 1 aliphatic rings. The first-order valence-electron chi connectivity index (χ1n) is 6.96. The van der Waals surface area contributed by atoms with Crippen molar-refractivity contribution in [3.8, 4) is 0 Å². The molecule has 0 bridgehead atoms. The van der Waals surface area contributed by atoms with E-state index in [4.69, 9.17) is 0 Å². The lowest BCUT2D eigenvalue weighted by Gasteiger charge is -2.36. The third-order valence-corrected chi connectivity index (χ3v) is 4.18. The molecule has 3 rings (SSSR count). The van der Waals surface area contributed by atoms with Crippen LogP contribution in [-0.4, -0.2) is 32.5 Å². The van der Waals surface area contributed by atoms with Crippen LogP contribution in [0.5, 0.6) is 0 Å². The molecule has 2 aromatic rings. The van der Waals surface area contributed by atoms with Crippen molar-refractivity contribution in [2.24, 2.45) is 0 Å². The summed E-state index contributed by atoms with van der Waals surface area (Å²) in [4.78, 5) is 10.8. The van der Waals surface area contributed by atoms with Crippen molar-refractivity contribution in [2.45, 2.75) is 31.8 Å². The number of nitrogens with zero attached hydrogens (tertiary/aromatic N) is 4. The van der Waals surface area contributed by atoms with Crippen LogP contribution < -0.4 is 0 Å². The van der Waals surface area contributed by atoms with Gasteiger partial charge in [0.2, 0.25) is 0 Å². The first-order valence-corrected chi connectivity index (χ1v) is 6.96. The third-order valence-electron chi connectivity index (χ3n) is 4.18. The molecule has 0 spiro atoms. The molecule has 1 fully saturated rings. The summed E-state index contributed by atoms with van der Waals surface area (Å²) < 4.78 is 2.24. The molecule has 0 N–H and O–H groups in total. The molecular weight excluding hydrogens is 236 g/mol. The van der Waals surface area contributed by atoms with Crippen molar-refractivity contribution in [1.29, 1.82) is 0 Å². The Morgan fingerprint density at radius 1 is 1.11 bits per heavy atom. The van der Waals surface area contributed by atoms with E-state index in [-0.39, 0.29) is 0 Å². The second-order valence-corrected chi connectivity index (χ2v) is 5.23. The summed E-state index contributed by atoms with van der Waals surface area (Å²) in [5.74, 6) is 0. The van der Waals surface area contributed by atoms with Gasteiger partial charge in [0.05, 0.1) is 6.33 Å². The molecule has 0 aromatic carbocycles. The summed E-state index contributed by atoms with van der Waals surface area (Å²) in [6.45, 7) is 4.57. The van der Waals surface area contributed by atoms with Crippen LogP contribution in [0.2, 0.25) is 0 Å². The molecule has 0 radical (unpaired) electrons. The molecule has 0 saturated carbocycles. The molecule has 100 valence electrons. The zero-order valence-corrected chi connectivity index (χ0v) is 11.3. The highest BCUT2D eigenvalue weighted by Gasteiger charge is 2.23. The number of pyridine rings is 1. The number of piperidine rings is 1. The largest absolute Gasteiger partial charge is 0.334 e. The van der Waals surface area contributed by atoms with Crippen LogP contribution in [0.4, 0.5) is 0 Å². The summed E-state index contributed by atoms with van der Waals surface area (Å²) in [7, 11) is 0. The molecular formula is C15H20N4. The second-order valence-electron chi connectivity index (χ2n) is 5.23. The van der Waals surface area contributed by atoms with Gasteiger partial charge in [-0.05, 0) is 37.5 Å². The quantitative estimate of drug-likeness (QED) is 0.846. The predicted octanol–water partition coefficient (Wildman–Crippen LogP) is 2.68. The second kappa shape index (κ2) is 5.53. The summed E-state index contributed by atoms with van der Waals surface area (Å²) in [6, 6.07) is 5.33. The van der Waals surface area contributed by atoms with Gasteiger partial charge in [-0.3, -0.25) is 9.88 Å². The van der Waals surface area contributed by atoms with Crippen LogP contribution in [0.3, 0.4) is 0 Å². The van der Waals surface area contributed by atoms with Gasteiger partial charge < -0.3 is 4.57 Å². The summed E-state index contributed by atoms with van der Waals surface area (Å²) >= 11 is 0. The maximum absolute atomic E-state index is 4.14. The Balaban J connectivity index is 1.61. The molecule has 4 heteroatoms. The minimum atomic E-state index is 0.478. The van der Waals surface area contributed by atoms with E-state index in [2.05, 4.69) is 44.7 Å². The van der Waals surface area contributed by atoms with E-state index in [1.165, 1.54) is 18.4 Å². The monoisotopic (exact) mass is 256 g/mol. The molecule has 4 nitrogen and oxygen atoms in total. The lowest BCUT2D eigenvalue weighted by Crippen LogP contribution is -2.36. The van der Waals surface area contributed by atoms with E-state index in [0.717, 1.165) is 13.1 Å². The SMILES string of the molecule is C[C@H](c1ccncc1)N1CCC(n2ccnc2)CC1. The van der Waals surface area contributed by atoms with Crippen LogP contribution >= 0.6 is 0 Å². The standard InChI is InChI=1S/C15H20N4/c1-13(14-2-6-16-7-3-14)18-9-4-15(5-10-18)19-11-8-17-12-19/h2-3,6-8,11-13,15H,4-5,9-10H2,1H3/t13-/m1/s1. The van der Waals surface area contributed by atoms with Crippen LogP contribution in [0, 0.1) is 0 Å². The fraction of sp³-hybridized carbons (Fsp3) is 0.467. The minimum absolute atomic E-state index is 0.478. The maximum atomic E-state index is 4.14. The number of aromatic nitrogens is 3. The van der Waals surface area contributed by atoms with Gasteiger partial charge in [0.25, 0.3) is 0 Å². The fourth-order valence-electron chi connectivity index (χ4n) is 2.91. The van der Waals surface area contributed by atoms with E-state index in [1.54, 1.807) is 0 Å². The minimum Gasteiger partial charge on any atom is -0.334 e. The molecule has 0 amide bonds. The zero-order valence-electron chi connectivity index (χ0n) is 11.3.